The summed E-state index contributed by atoms with van der Waals surface area (Å²) in [6.45, 7) is 5.04. The smallest absolute Gasteiger partial charge is 0.228 e. The van der Waals surface area contributed by atoms with Crippen LogP contribution < -0.4 is 0 Å². The average Bonchev–Trinajstić information content (AvgIpc) is 3.38. The first-order valence-corrected chi connectivity index (χ1v) is 10.4. The highest BCUT2D eigenvalue weighted by molar-refractivity contribution is 5.79. The van der Waals surface area contributed by atoms with E-state index in [2.05, 4.69) is 10.1 Å². The molecule has 29 heavy (non-hydrogen) atoms. The molecule has 7 heteroatoms. The number of amides is 2. The Morgan fingerprint density at radius 1 is 1.10 bits per heavy atom. The number of piperidine rings is 1. The molecule has 0 saturated carbocycles. The Labute approximate surface area is 171 Å². The van der Waals surface area contributed by atoms with E-state index in [1.165, 1.54) is 0 Å². The minimum absolute atomic E-state index is 0.112. The zero-order chi connectivity index (χ0) is 20.2. The summed E-state index contributed by atoms with van der Waals surface area (Å²) >= 11 is 0. The monoisotopic (exact) mass is 396 g/mol. The highest BCUT2D eigenvalue weighted by atomic mass is 16.5. The Morgan fingerprint density at radius 3 is 2.59 bits per heavy atom. The van der Waals surface area contributed by atoms with Crippen molar-refractivity contribution >= 4 is 11.8 Å². The van der Waals surface area contributed by atoms with E-state index in [0.717, 1.165) is 56.8 Å². The summed E-state index contributed by atoms with van der Waals surface area (Å²) in [6, 6.07) is 5.63. The first-order chi connectivity index (χ1) is 14.1. The molecular weight excluding hydrogens is 368 g/mol. The van der Waals surface area contributed by atoms with Crippen LogP contribution in [0.2, 0.25) is 0 Å². The lowest BCUT2D eigenvalue weighted by Crippen LogP contribution is -2.43. The van der Waals surface area contributed by atoms with Crippen molar-refractivity contribution in [3.63, 3.8) is 0 Å². The van der Waals surface area contributed by atoms with Crippen LogP contribution in [0.3, 0.4) is 0 Å². The van der Waals surface area contributed by atoms with E-state index in [1.807, 2.05) is 34.9 Å². The minimum Gasteiger partial charge on any atom is -0.361 e. The van der Waals surface area contributed by atoms with Crippen LogP contribution in [0.4, 0.5) is 0 Å². The molecule has 0 N–H and O–H groups in total. The van der Waals surface area contributed by atoms with Gasteiger partial charge in [0.1, 0.15) is 5.76 Å². The molecular formula is C22H28N4O3. The predicted molar refractivity (Wildman–Crippen MR) is 107 cm³/mol. The fourth-order valence-electron chi connectivity index (χ4n) is 4.58. The third-order valence-corrected chi connectivity index (χ3v) is 6.14. The molecule has 2 aliphatic rings. The largest absolute Gasteiger partial charge is 0.361 e. The second-order valence-electron chi connectivity index (χ2n) is 8.27. The molecule has 2 fully saturated rings. The fraction of sp³-hybridized carbons (Fsp3) is 0.545. The molecule has 2 aliphatic heterocycles. The summed E-state index contributed by atoms with van der Waals surface area (Å²) in [5.41, 5.74) is 1.65. The molecule has 2 saturated heterocycles. The van der Waals surface area contributed by atoms with Crippen molar-refractivity contribution in [2.24, 2.45) is 11.8 Å². The van der Waals surface area contributed by atoms with Gasteiger partial charge in [-0.3, -0.25) is 14.6 Å². The lowest BCUT2D eigenvalue weighted by molar-refractivity contribution is -0.133. The summed E-state index contributed by atoms with van der Waals surface area (Å²) in [7, 11) is 0. The quantitative estimate of drug-likeness (QED) is 0.774. The van der Waals surface area contributed by atoms with Crippen molar-refractivity contribution in [3.05, 3.63) is 47.6 Å². The third-order valence-electron chi connectivity index (χ3n) is 6.14. The summed E-state index contributed by atoms with van der Waals surface area (Å²) in [4.78, 5) is 33.4. The lowest BCUT2D eigenvalue weighted by Gasteiger charge is -2.36. The summed E-state index contributed by atoms with van der Waals surface area (Å²) in [5, 5.41) is 3.93. The zero-order valence-corrected chi connectivity index (χ0v) is 16.9. The van der Waals surface area contributed by atoms with Gasteiger partial charge in [0.25, 0.3) is 0 Å². The summed E-state index contributed by atoms with van der Waals surface area (Å²) < 4.78 is 5.06. The summed E-state index contributed by atoms with van der Waals surface area (Å²) in [6.07, 6.45) is 7.37. The number of pyridine rings is 1. The molecule has 4 heterocycles. The van der Waals surface area contributed by atoms with Crippen LogP contribution in [0.25, 0.3) is 0 Å². The van der Waals surface area contributed by atoms with Gasteiger partial charge in [0.2, 0.25) is 11.8 Å². The van der Waals surface area contributed by atoms with Crippen molar-refractivity contribution in [1.29, 1.82) is 0 Å². The molecule has 2 atom stereocenters. The Bertz CT molecular complexity index is 851. The molecule has 0 bridgehead atoms. The lowest BCUT2D eigenvalue weighted by atomic mass is 9.84. The van der Waals surface area contributed by atoms with Crippen LogP contribution in [0.15, 0.2) is 35.1 Å². The Hall–Kier alpha value is -2.70. The highest BCUT2D eigenvalue weighted by Gasteiger charge is 2.35. The normalized spacial score (nSPS) is 22.1. The van der Waals surface area contributed by atoms with Crippen molar-refractivity contribution in [3.8, 4) is 0 Å². The van der Waals surface area contributed by atoms with E-state index in [-0.39, 0.29) is 11.8 Å². The Balaban J connectivity index is 1.29. The average molecular weight is 396 g/mol. The van der Waals surface area contributed by atoms with Crippen LogP contribution >= 0.6 is 0 Å². The first-order valence-electron chi connectivity index (χ1n) is 10.4. The number of carbonyl (C=O) groups excluding carboxylic acids is 2. The van der Waals surface area contributed by atoms with E-state index in [4.69, 9.17) is 4.52 Å². The maximum absolute atomic E-state index is 12.7. The number of hydrogen-bond donors (Lipinski definition) is 0. The maximum atomic E-state index is 12.7. The number of rotatable bonds is 5. The molecule has 0 aromatic carbocycles. The number of aryl methyl sites for hydroxylation is 1. The number of carbonyl (C=O) groups is 2. The van der Waals surface area contributed by atoms with Gasteiger partial charge >= 0.3 is 0 Å². The van der Waals surface area contributed by atoms with E-state index >= 15 is 0 Å². The molecule has 154 valence electrons. The van der Waals surface area contributed by atoms with Gasteiger partial charge in [0, 0.05) is 44.6 Å². The van der Waals surface area contributed by atoms with Crippen LogP contribution in [0.5, 0.6) is 0 Å². The van der Waals surface area contributed by atoms with Gasteiger partial charge in [0.05, 0.1) is 18.5 Å². The van der Waals surface area contributed by atoms with Crippen molar-refractivity contribution < 1.29 is 14.1 Å². The highest BCUT2D eigenvalue weighted by Crippen LogP contribution is 2.31. The molecule has 2 aromatic heterocycles. The van der Waals surface area contributed by atoms with Gasteiger partial charge in [-0.1, -0.05) is 11.2 Å². The molecule has 2 amide bonds. The first kappa shape index (κ1) is 19.6. The Morgan fingerprint density at radius 2 is 1.86 bits per heavy atom. The second-order valence-corrected chi connectivity index (χ2v) is 8.27. The topological polar surface area (TPSA) is 79.5 Å². The number of likely N-dealkylation sites (tertiary alicyclic amines) is 2. The number of nitrogens with zero attached hydrogens (tertiary/aromatic N) is 4. The van der Waals surface area contributed by atoms with Gasteiger partial charge in [0.15, 0.2) is 0 Å². The maximum Gasteiger partial charge on any atom is 0.228 e. The van der Waals surface area contributed by atoms with Crippen LogP contribution in [-0.2, 0) is 22.4 Å². The van der Waals surface area contributed by atoms with Crippen molar-refractivity contribution in [2.45, 2.75) is 39.0 Å². The minimum atomic E-state index is 0.112. The van der Waals surface area contributed by atoms with Gasteiger partial charge < -0.3 is 14.3 Å². The van der Waals surface area contributed by atoms with Gasteiger partial charge in [-0.15, -0.1) is 0 Å². The SMILES string of the molecule is Cc1cc(CC(=O)N2CCC(C3CCCN(C(=O)Cc4cccnc4)C3)C2)no1. The van der Waals surface area contributed by atoms with Gasteiger partial charge in [-0.05, 0) is 49.7 Å². The Kier molecular flexibility index (Phi) is 5.92. The van der Waals surface area contributed by atoms with Crippen LogP contribution in [0, 0.1) is 18.8 Å². The predicted octanol–water partition coefficient (Wildman–Crippen LogP) is 2.25. The van der Waals surface area contributed by atoms with E-state index < -0.39 is 0 Å². The molecule has 4 rings (SSSR count). The third kappa shape index (κ3) is 4.83. The van der Waals surface area contributed by atoms with E-state index in [0.29, 0.717) is 30.4 Å². The molecule has 2 unspecified atom stereocenters. The van der Waals surface area contributed by atoms with E-state index in [1.54, 1.807) is 12.4 Å². The molecule has 0 spiro atoms. The standard InChI is InChI=1S/C22H28N4O3/c1-16-10-20(24-29-16)12-22(28)26-9-6-19(15-26)18-5-3-8-25(14-18)21(27)11-17-4-2-7-23-13-17/h2,4,7,10,13,18-19H,3,5-6,8-9,11-12,14-15H2,1H3. The summed E-state index contributed by atoms with van der Waals surface area (Å²) in [5.74, 6) is 1.95. The fourth-order valence-corrected chi connectivity index (χ4v) is 4.58. The van der Waals surface area contributed by atoms with E-state index in [9.17, 15) is 9.59 Å². The van der Waals surface area contributed by atoms with Crippen LogP contribution in [0.1, 0.15) is 36.3 Å². The number of hydrogen-bond acceptors (Lipinski definition) is 5. The molecule has 2 aromatic rings. The zero-order valence-electron chi connectivity index (χ0n) is 16.9. The van der Waals surface area contributed by atoms with Crippen LogP contribution in [-0.4, -0.2) is 57.9 Å². The second kappa shape index (κ2) is 8.76. The molecule has 7 nitrogen and oxygen atoms in total. The molecule has 0 aliphatic carbocycles. The molecule has 0 radical (unpaired) electrons. The van der Waals surface area contributed by atoms with Gasteiger partial charge in [-0.25, -0.2) is 0 Å². The van der Waals surface area contributed by atoms with Gasteiger partial charge in [-0.2, -0.15) is 0 Å². The van der Waals surface area contributed by atoms with Crippen molar-refractivity contribution in [1.82, 2.24) is 19.9 Å². The van der Waals surface area contributed by atoms with Crippen molar-refractivity contribution in [2.75, 3.05) is 26.2 Å². The number of aromatic nitrogens is 2.